The Morgan fingerprint density at radius 3 is 1.07 bits per heavy atom. The molecule has 10 aromatic carbocycles. The van der Waals surface area contributed by atoms with E-state index in [1.54, 1.807) is 0 Å². The van der Waals surface area contributed by atoms with Gasteiger partial charge >= 0.3 is 0 Å². The summed E-state index contributed by atoms with van der Waals surface area (Å²) < 4.78 is 14.0. The van der Waals surface area contributed by atoms with Crippen LogP contribution in [0.25, 0.3) is 76.2 Å². The molecule has 2 heterocycles. The van der Waals surface area contributed by atoms with E-state index in [1.165, 1.54) is 32.7 Å². The minimum atomic E-state index is 0.857. The second-order valence-electron chi connectivity index (χ2n) is 15.4. The minimum absolute atomic E-state index is 0.857. The van der Waals surface area contributed by atoms with Gasteiger partial charge in [0.25, 0.3) is 0 Å². The highest BCUT2D eigenvalue weighted by molar-refractivity contribution is 6.43. The summed E-state index contributed by atoms with van der Waals surface area (Å²) >= 11 is 0. The predicted octanol–water partition coefficient (Wildman–Crippen LogP) is 15.9. The second-order valence-corrected chi connectivity index (χ2v) is 15.4. The summed E-state index contributed by atoms with van der Waals surface area (Å²) in [7, 11) is 0. The van der Waals surface area contributed by atoms with Crippen LogP contribution in [0.4, 0.5) is 34.1 Å². The molecule has 0 N–H and O–H groups in total. The van der Waals surface area contributed by atoms with Crippen LogP contribution in [0.15, 0.2) is 191 Å². The van der Waals surface area contributed by atoms with Gasteiger partial charge in [0.15, 0.2) is 0 Å². The zero-order chi connectivity index (χ0) is 38.5. The molecular weight excluding hydrogens is 709 g/mol. The van der Waals surface area contributed by atoms with Crippen molar-refractivity contribution in [2.45, 2.75) is 13.8 Å². The van der Waals surface area contributed by atoms with E-state index in [0.29, 0.717) is 0 Å². The number of para-hydroxylation sites is 2. The fraction of sp³-hybridized carbons (Fsp3) is 0.0370. The molecule has 0 saturated carbocycles. The van der Waals surface area contributed by atoms with Gasteiger partial charge in [-0.1, -0.05) is 108 Å². The van der Waals surface area contributed by atoms with Crippen LogP contribution in [0.3, 0.4) is 0 Å². The monoisotopic (exact) mass is 744 g/mol. The van der Waals surface area contributed by atoms with Gasteiger partial charge in [-0.15, -0.1) is 0 Å². The fourth-order valence-electron chi connectivity index (χ4n) is 9.24. The van der Waals surface area contributed by atoms with Gasteiger partial charge in [0.05, 0.1) is 0 Å². The summed E-state index contributed by atoms with van der Waals surface area (Å²) in [6, 6.07) is 65.0. The molecule has 0 saturated heterocycles. The number of nitrogens with zero attached hydrogens (tertiary/aromatic N) is 2. The van der Waals surface area contributed by atoms with Gasteiger partial charge in [-0.3, -0.25) is 0 Å². The molecule has 0 radical (unpaired) electrons. The lowest BCUT2D eigenvalue weighted by molar-refractivity contribution is 0.672. The molecule has 0 atom stereocenters. The lowest BCUT2D eigenvalue weighted by Crippen LogP contribution is -2.09. The molecule has 0 spiro atoms. The molecule has 0 unspecified atom stereocenters. The van der Waals surface area contributed by atoms with Gasteiger partial charge in [0.2, 0.25) is 0 Å². The van der Waals surface area contributed by atoms with Crippen molar-refractivity contribution >= 4 is 110 Å². The maximum absolute atomic E-state index is 7.01. The lowest BCUT2D eigenvalue weighted by Gasteiger charge is -2.25. The summed E-state index contributed by atoms with van der Waals surface area (Å²) in [5.74, 6) is 0. The van der Waals surface area contributed by atoms with E-state index in [1.807, 2.05) is 0 Å². The largest absolute Gasteiger partial charge is 0.455 e. The third-order valence-corrected chi connectivity index (χ3v) is 11.9. The van der Waals surface area contributed by atoms with Crippen molar-refractivity contribution in [2.75, 3.05) is 9.80 Å². The summed E-state index contributed by atoms with van der Waals surface area (Å²) in [6.45, 7) is 4.25. The summed E-state index contributed by atoms with van der Waals surface area (Å²) in [5.41, 5.74) is 12.4. The first-order chi connectivity index (χ1) is 28.6. The van der Waals surface area contributed by atoms with Crippen LogP contribution in [0.1, 0.15) is 11.1 Å². The third kappa shape index (κ3) is 4.82. The number of fused-ring (bicyclic) bond motifs is 10. The van der Waals surface area contributed by atoms with Crippen molar-refractivity contribution in [2.24, 2.45) is 0 Å². The molecule has 2 aromatic heterocycles. The number of benzene rings is 10. The Morgan fingerprint density at radius 1 is 0.293 bits per heavy atom. The molecule has 0 aliphatic heterocycles. The maximum atomic E-state index is 7.01. The molecule has 0 aliphatic rings. The Hall–Kier alpha value is -7.56. The van der Waals surface area contributed by atoms with Crippen LogP contribution in [-0.4, -0.2) is 0 Å². The molecule has 12 aromatic rings. The Bertz CT molecular complexity index is 3270. The standard InChI is InChI=1S/C54H36N2O2/c1-33-19-23-37(24-20-33)55(35-11-5-3-6-12-35)39-27-29-41-47(31-39)57-53-45-17-10-16-44-50(45)49-43(51(41)53)15-9-18-46(49)54-52(44)42-30-28-40(32-48(42)58-54)56(36-13-7-4-8-14-36)38-25-21-34(2)22-26-38/h3-32H,1-2H3. The van der Waals surface area contributed by atoms with Crippen molar-refractivity contribution in [1.82, 2.24) is 0 Å². The van der Waals surface area contributed by atoms with Crippen molar-refractivity contribution in [1.29, 1.82) is 0 Å². The third-order valence-electron chi connectivity index (χ3n) is 11.9. The quantitative estimate of drug-likeness (QED) is 0.159. The topological polar surface area (TPSA) is 32.8 Å². The van der Waals surface area contributed by atoms with Gasteiger partial charge < -0.3 is 18.6 Å². The normalized spacial score (nSPS) is 12.0. The molecule has 12 rings (SSSR count). The Kier molecular flexibility index (Phi) is 7.02. The number of hydrogen-bond donors (Lipinski definition) is 0. The Morgan fingerprint density at radius 2 is 0.655 bits per heavy atom. The van der Waals surface area contributed by atoms with Crippen LogP contribution >= 0.6 is 0 Å². The minimum Gasteiger partial charge on any atom is -0.455 e. The first-order valence-electron chi connectivity index (χ1n) is 19.8. The molecule has 4 nitrogen and oxygen atoms in total. The fourth-order valence-corrected chi connectivity index (χ4v) is 9.24. The van der Waals surface area contributed by atoms with Crippen molar-refractivity contribution < 1.29 is 8.83 Å². The van der Waals surface area contributed by atoms with E-state index in [4.69, 9.17) is 8.83 Å². The van der Waals surface area contributed by atoms with E-state index < -0.39 is 0 Å². The molecule has 0 fully saturated rings. The summed E-state index contributed by atoms with van der Waals surface area (Å²) in [5, 5.41) is 11.4. The van der Waals surface area contributed by atoms with Gasteiger partial charge in [0, 0.05) is 89.3 Å². The first-order valence-corrected chi connectivity index (χ1v) is 19.8. The summed E-state index contributed by atoms with van der Waals surface area (Å²) in [4.78, 5) is 4.59. The molecule has 274 valence electrons. The van der Waals surface area contributed by atoms with E-state index in [0.717, 1.165) is 88.8 Å². The van der Waals surface area contributed by atoms with E-state index >= 15 is 0 Å². The number of aryl methyl sites for hydroxylation is 2. The van der Waals surface area contributed by atoms with Gasteiger partial charge in [0.1, 0.15) is 22.3 Å². The highest BCUT2D eigenvalue weighted by atomic mass is 16.3. The number of anilines is 6. The molecule has 0 bridgehead atoms. The Labute approximate surface area is 334 Å². The van der Waals surface area contributed by atoms with Crippen molar-refractivity contribution in [3.05, 3.63) is 193 Å². The van der Waals surface area contributed by atoms with Crippen LogP contribution in [0.5, 0.6) is 0 Å². The van der Waals surface area contributed by atoms with E-state index in [-0.39, 0.29) is 0 Å². The number of hydrogen-bond acceptors (Lipinski definition) is 4. The van der Waals surface area contributed by atoms with Crippen LogP contribution in [0.2, 0.25) is 0 Å². The summed E-state index contributed by atoms with van der Waals surface area (Å²) in [6.07, 6.45) is 0. The van der Waals surface area contributed by atoms with E-state index in [9.17, 15) is 0 Å². The van der Waals surface area contributed by atoms with Gasteiger partial charge in [-0.05, 0) is 97.4 Å². The van der Waals surface area contributed by atoms with E-state index in [2.05, 4.69) is 206 Å². The molecular formula is C54H36N2O2. The molecule has 0 amide bonds. The Balaban J connectivity index is 1.09. The SMILES string of the molecule is Cc1ccc(N(c2ccccc2)c2ccc3c(c2)oc2c4cccc5c6c7ccc(N(c8ccccc8)c8ccc(C)cc8)cc7oc6c6cccc(c32)c6c45)cc1. The zero-order valence-electron chi connectivity index (χ0n) is 32.0. The zero-order valence-corrected chi connectivity index (χ0v) is 32.0. The smallest absolute Gasteiger partial charge is 0.143 e. The molecule has 0 aliphatic carbocycles. The molecule has 58 heavy (non-hydrogen) atoms. The number of rotatable bonds is 6. The highest BCUT2D eigenvalue weighted by Gasteiger charge is 2.25. The lowest BCUT2D eigenvalue weighted by atomic mass is 9.89. The number of furan rings is 2. The highest BCUT2D eigenvalue weighted by Crippen LogP contribution is 2.50. The van der Waals surface area contributed by atoms with Crippen LogP contribution < -0.4 is 9.80 Å². The maximum Gasteiger partial charge on any atom is 0.143 e. The van der Waals surface area contributed by atoms with Gasteiger partial charge in [-0.2, -0.15) is 0 Å². The average molecular weight is 745 g/mol. The predicted molar refractivity (Wildman–Crippen MR) is 244 cm³/mol. The molecule has 4 heteroatoms. The van der Waals surface area contributed by atoms with Crippen molar-refractivity contribution in [3.8, 4) is 0 Å². The second kappa shape index (κ2) is 12.5. The average Bonchev–Trinajstić information content (AvgIpc) is 3.85. The van der Waals surface area contributed by atoms with Crippen LogP contribution in [-0.2, 0) is 0 Å². The van der Waals surface area contributed by atoms with Crippen molar-refractivity contribution in [3.63, 3.8) is 0 Å². The van der Waals surface area contributed by atoms with Gasteiger partial charge in [-0.25, -0.2) is 0 Å². The van der Waals surface area contributed by atoms with Crippen LogP contribution in [0, 0.1) is 13.8 Å². The first kappa shape index (κ1) is 32.7.